The molecule has 0 aromatic rings. The summed E-state index contributed by atoms with van der Waals surface area (Å²) >= 11 is 6.52. The quantitative estimate of drug-likeness (QED) is 0.250. The molecule has 0 bridgehead atoms. The molecule has 0 aromatic carbocycles. The van der Waals surface area contributed by atoms with Crippen molar-refractivity contribution in [1.29, 1.82) is 0 Å². The van der Waals surface area contributed by atoms with E-state index in [1.165, 1.54) is 12.3 Å². The fourth-order valence-corrected chi connectivity index (χ4v) is 3.71. The molecule has 9 nitrogen and oxygen atoms in total. The molecule has 2 aliphatic rings. The number of hydrogen-bond donors (Lipinski definition) is 2. The molecule has 5 unspecified atom stereocenters. The topological polar surface area (TPSA) is 124 Å². The second-order valence-corrected chi connectivity index (χ2v) is 8.53. The minimum absolute atomic E-state index is 0.0548. The second-order valence-electron chi connectivity index (χ2n) is 7.89. The molecule has 1 fully saturated rings. The van der Waals surface area contributed by atoms with E-state index in [1.54, 1.807) is 0 Å². The van der Waals surface area contributed by atoms with Crippen LogP contribution in [0.4, 0.5) is 4.39 Å². The molecule has 1 saturated heterocycles. The highest BCUT2D eigenvalue weighted by atomic mass is 35.5. The molecule has 2 aliphatic heterocycles. The van der Waals surface area contributed by atoms with Gasteiger partial charge in [0.1, 0.15) is 12.4 Å². The molecule has 11 heteroatoms. The van der Waals surface area contributed by atoms with E-state index in [0.29, 0.717) is 12.8 Å². The summed E-state index contributed by atoms with van der Waals surface area (Å²) in [5.74, 6) is -1.09. The summed E-state index contributed by atoms with van der Waals surface area (Å²) < 4.78 is 31.6. The molecule has 0 radical (unpaired) electrons. The summed E-state index contributed by atoms with van der Waals surface area (Å²) in [5.41, 5.74) is 5.55. The van der Waals surface area contributed by atoms with E-state index in [4.69, 9.17) is 31.5 Å². The zero-order valence-electron chi connectivity index (χ0n) is 18.5. The Kier molecular flexibility index (Phi) is 10.2. The van der Waals surface area contributed by atoms with Gasteiger partial charge in [-0.05, 0) is 18.9 Å². The number of amidine groups is 1. The van der Waals surface area contributed by atoms with E-state index in [2.05, 4.69) is 4.99 Å². The van der Waals surface area contributed by atoms with Gasteiger partial charge in [0.05, 0.1) is 0 Å². The molecule has 182 valence electrons. The maximum absolute atomic E-state index is 15.4. The van der Waals surface area contributed by atoms with Crippen molar-refractivity contribution in [3.8, 4) is 0 Å². The smallest absolute Gasteiger partial charge is 0.306 e. The summed E-state index contributed by atoms with van der Waals surface area (Å²) in [7, 11) is 0. The Labute approximate surface area is 192 Å². The molecule has 2 rings (SSSR count). The highest BCUT2D eigenvalue weighted by molar-refractivity contribution is 6.24. The van der Waals surface area contributed by atoms with Crippen LogP contribution in [0.2, 0.25) is 0 Å². The molecule has 0 amide bonds. The molecular formula is C21H33ClFN3O6. The number of halogens is 2. The lowest BCUT2D eigenvalue weighted by atomic mass is 10.1. The van der Waals surface area contributed by atoms with Gasteiger partial charge in [-0.1, -0.05) is 51.1 Å². The fraction of sp³-hybridized carbons (Fsp3) is 0.762. The number of nitrogens with zero attached hydrogens (tertiary/aromatic N) is 2. The van der Waals surface area contributed by atoms with Gasteiger partial charge in [-0.3, -0.25) is 9.59 Å². The highest BCUT2D eigenvalue weighted by Gasteiger charge is 2.60. The summed E-state index contributed by atoms with van der Waals surface area (Å²) in [5, 5.41) is 8.20. The molecule has 0 aliphatic carbocycles. The van der Waals surface area contributed by atoms with Crippen molar-refractivity contribution in [2.24, 2.45) is 10.7 Å². The summed E-state index contributed by atoms with van der Waals surface area (Å²) in [6.07, 6.45) is 1.27. The number of aliphatic imine (C=N–C) groups is 1. The van der Waals surface area contributed by atoms with Gasteiger partial charge in [-0.15, -0.1) is 0 Å². The number of hydrogen-bond acceptors (Lipinski definition) is 9. The first-order valence-electron chi connectivity index (χ1n) is 11.0. The summed E-state index contributed by atoms with van der Waals surface area (Å²) in [6, 6.07) is 0. The van der Waals surface area contributed by atoms with Crippen LogP contribution in [-0.2, 0) is 23.8 Å². The standard InChI is InChI=1S/C21H33ClFN3O6/c1-3-5-7-9-15(27)30-13-21(22)18(31-16(28)10-8-6-4-2)17(23)19(32-21)26-12-11-14(24)25-20(26)29/h11-12,17-20,29H,3-10,13H2,1-2H3,(H2,24,25). The Balaban J connectivity index is 2.12. The normalized spacial score (nSPS) is 29.7. The van der Waals surface area contributed by atoms with Crippen molar-refractivity contribution in [3.63, 3.8) is 0 Å². The van der Waals surface area contributed by atoms with Gasteiger partial charge in [0.25, 0.3) is 0 Å². The van der Waals surface area contributed by atoms with Gasteiger partial charge >= 0.3 is 11.9 Å². The number of nitrogens with two attached hydrogens (primary N) is 1. The average molecular weight is 478 g/mol. The molecule has 0 spiro atoms. The van der Waals surface area contributed by atoms with Gasteiger partial charge in [-0.25, -0.2) is 9.38 Å². The van der Waals surface area contributed by atoms with Gasteiger partial charge in [0.15, 0.2) is 18.5 Å². The zero-order valence-corrected chi connectivity index (χ0v) is 19.3. The Morgan fingerprint density at radius 1 is 1.25 bits per heavy atom. The number of unbranched alkanes of at least 4 members (excludes halogenated alkanes) is 4. The van der Waals surface area contributed by atoms with Crippen LogP contribution in [0.15, 0.2) is 17.3 Å². The maximum Gasteiger partial charge on any atom is 0.306 e. The van der Waals surface area contributed by atoms with E-state index in [-0.39, 0.29) is 18.7 Å². The largest absolute Gasteiger partial charge is 0.461 e. The van der Waals surface area contributed by atoms with E-state index >= 15 is 4.39 Å². The van der Waals surface area contributed by atoms with Crippen molar-refractivity contribution in [2.45, 2.75) is 95.1 Å². The van der Waals surface area contributed by atoms with E-state index < -0.39 is 48.5 Å². The van der Waals surface area contributed by atoms with Crippen LogP contribution in [0, 0.1) is 0 Å². The van der Waals surface area contributed by atoms with Crippen LogP contribution in [0.5, 0.6) is 0 Å². The predicted molar refractivity (Wildman–Crippen MR) is 116 cm³/mol. The Morgan fingerprint density at radius 2 is 1.88 bits per heavy atom. The molecule has 5 atom stereocenters. The van der Waals surface area contributed by atoms with Crippen LogP contribution in [0.25, 0.3) is 0 Å². The number of esters is 2. The maximum atomic E-state index is 15.4. The van der Waals surface area contributed by atoms with Crippen LogP contribution in [0.3, 0.4) is 0 Å². The number of carbonyl (C=O) groups is 2. The lowest BCUT2D eigenvalue weighted by Crippen LogP contribution is -2.47. The first kappa shape index (κ1) is 26.3. The third kappa shape index (κ3) is 7.05. The van der Waals surface area contributed by atoms with Crippen LogP contribution >= 0.6 is 11.6 Å². The minimum atomic E-state index is -1.97. The van der Waals surface area contributed by atoms with Crippen molar-refractivity contribution in [1.82, 2.24) is 4.90 Å². The highest BCUT2D eigenvalue weighted by Crippen LogP contribution is 2.41. The molecule has 2 heterocycles. The lowest BCUT2D eigenvalue weighted by molar-refractivity contribution is -0.167. The van der Waals surface area contributed by atoms with Gasteiger partial charge < -0.3 is 30.0 Å². The Bertz CT molecular complexity index is 709. The third-order valence-corrected chi connectivity index (χ3v) is 5.62. The molecular weight excluding hydrogens is 445 g/mol. The number of carbonyl (C=O) groups excluding carboxylic acids is 2. The minimum Gasteiger partial charge on any atom is -0.461 e. The molecule has 32 heavy (non-hydrogen) atoms. The first-order chi connectivity index (χ1) is 15.2. The van der Waals surface area contributed by atoms with Crippen molar-refractivity contribution < 1.29 is 33.3 Å². The number of alkyl halides is 2. The van der Waals surface area contributed by atoms with Gasteiger partial charge in [-0.2, -0.15) is 0 Å². The fourth-order valence-electron chi connectivity index (χ4n) is 3.40. The lowest BCUT2D eigenvalue weighted by Gasteiger charge is -2.32. The van der Waals surface area contributed by atoms with Crippen molar-refractivity contribution in [2.75, 3.05) is 6.61 Å². The molecule has 3 N–H and O–H groups in total. The first-order valence-corrected chi connectivity index (χ1v) is 11.4. The van der Waals surface area contributed by atoms with E-state index in [1.807, 2.05) is 13.8 Å². The van der Waals surface area contributed by atoms with Gasteiger partial charge in [0, 0.05) is 19.0 Å². The summed E-state index contributed by atoms with van der Waals surface area (Å²) in [4.78, 5) is 29.1. The predicted octanol–water partition coefficient (Wildman–Crippen LogP) is 2.69. The van der Waals surface area contributed by atoms with Crippen LogP contribution in [-0.4, -0.2) is 64.3 Å². The van der Waals surface area contributed by atoms with E-state index in [0.717, 1.165) is 30.6 Å². The van der Waals surface area contributed by atoms with Crippen LogP contribution in [0.1, 0.15) is 65.2 Å². The van der Waals surface area contributed by atoms with Crippen LogP contribution < -0.4 is 5.73 Å². The number of aliphatic hydroxyl groups excluding tert-OH is 1. The Morgan fingerprint density at radius 3 is 2.47 bits per heavy atom. The van der Waals surface area contributed by atoms with Crippen molar-refractivity contribution in [3.05, 3.63) is 12.3 Å². The van der Waals surface area contributed by atoms with E-state index in [9.17, 15) is 14.7 Å². The third-order valence-electron chi connectivity index (χ3n) is 5.20. The Hall–Kier alpha value is -1.91. The SMILES string of the molecule is CCCCCC(=O)OCC1(Cl)OC(N2C=CC(N)=NC2O)C(F)C1OC(=O)CCCCC. The zero-order chi connectivity index (χ0) is 23.7. The number of rotatable bonds is 12. The van der Waals surface area contributed by atoms with Gasteiger partial charge in [0.2, 0.25) is 11.4 Å². The monoisotopic (exact) mass is 477 g/mol. The van der Waals surface area contributed by atoms with Crippen molar-refractivity contribution >= 4 is 29.4 Å². The second kappa shape index (κ2) is 12.4. The summed E-state index contributed by atoms with van der Waals surface area (Å²) in [6.45, 7) is 3.47. The molecule has 0 saturated carbocycles. The number of ether oxygens (including phenoxy) is 3. The average Bonchev–Trinajstić information content (AvgIpc) is 2.98. The number of aliphatic hydroxyl groups is 1. The molecule has 0 aromatic heterocycles.